The lowest BCUT2D eigenvalue weighted by Crippen LogP contribution is -2.42. The molecule has 0 radical (unpaired) electrons. The number of methoxy groups -OCH3 is 1. The fraction of sp³-hybridized carbons (Fsp3) is 0.846. The Labute approximate surface area is 102 Å². The molecule has 96 valence electrons. The maximum Gasteiger partial charge on any atom is 0.324 e. The van der Waals surface area contributed by atoms with E-state index in [0.29, 0.717) is 18.3 Å². The van der Waals surface area contributed by atoms with Crippen molar-refractivity contribution in [2.45, 2.75) is 39.7 Å². The largest absolute Gasteiger partial charge is 0.468 e. The zero-order valence-corrected chi connectivity index (χ0v) is 10.9. The second kappa shape index (κ2) is 4.00. The van der Waals surface area contributed by atoms with Gasteiger partial charge in [0.1, 0.15) is 6.10 Å². The third-order valence-electron chi connectivity index (χ3n) is 4.59. The minimum atomic E-state index is -0.948. The normalized spacial score (nSPS) is 45.1. The minimum Gasteiger partial charge on any atom is -0.468 e. The molecule has 3 rings (SSSR count). The molecule has 4 nitrogen and oxygen atoms in total. The van der Waals surface area contributed by atoms with Crippen LogP contribution in [0.2, 0.25) is 0 Å². The van der Waals surface area contributed by atoms with Gasteiger partial charge in [-0.1, -0.05) is 20.8 Å². The first-order chi connectivity index (χ1) is 8.11. The van der Waals surface area contributed by atoms with Gasteiger partial charge >= 0.3 is 11.9 Å². The van der Waals surface area contributed by atoms with Crippen LogP contribution in [0.4, 0.5) is 0 Å². The smallest absolute Gasteiger partial charge is 0.324 e. The Morgan fingerprint density at radius 1 is 1.47 bits per heavy atom. The monoisotopic (exact) mass is 240 g/mol. The summed E-state index contributed by atoms with van der Waals surface area (Å²) in [6, 6.07) is 0. The van der Waals surface area contributed by atoms with Gasteiger partial charge < -0.3 is 9.47 Å². The Kier molecular flexibility index (Phi) is 2.92. The first-order valence-electron chi connectivity index (χ1n) is 6.40. The summed E-state index contributed by atoms with van der Waals surface area (Å²) >= 11 is 0. The molecule has 1 aliphatic heterocycles. The summed E-state index contributed by atoms with van der Waals surface area (Å²) in [6.45, 7) is 6.11. The van der Waals surface area contributed by atoms with Gasteiger partial charge in [-0.2, -0.15) is 0 Å². The van der Waals surface area contributed by atoms with Crippen LogP contribution in [0.5, 0.6) is 0 Å². The lowest BCUT2D eigenvalue weighted by atomic mass is 9.71. The molecule has 2 aliphatic carbocycles. The van der Waals surface area contributed by atoms with Crippen LogP contribution in [0.1, 0.15) is 33.6 Å². The van der Waals surface area contributed by atoms with Crippen LogP contribution >= 0.6 is 0 Å². The fourth-order valence-electron chi connectivity index (χ4n) is 3.78. The molecule has 0 amide bonds. The van der Waals surface area contributed by atoms with Crippen LogP contribution in [-0.4, -0.2) is 25.2 Å². The molecule has 0 N–H and O–H groups in total. The van der Waals surface area contributed by atoms with E-state index in [2.05, 4.69) is 6.92 Å². The van der Waals surface area contributed by atoms with Crippen LogP contribution < -0.4 is 0 Å². The summed E-state index contributed by atoms with van der Waals surface area (Å²) < 4.78 is 10.1. The molecule has 5 unspecified atom stereocenters. The molecule has 1 saturated heterocycles. The zero-order chi connectivity index (χ0) is 12.8. The van der Waals surface area contributed by atoms with Gasteiger partial charge in [0.15, 0.2) is 5.41 Å². The molecule has 0 spiro atoms. The Morgan fingerprint density at radius 3 is 2.65 bits per heavy atom. The van der Waals surface area contributed by atoms with E-state index in [-0.39, 0.29) is 18.0 Å². The molecule has 3 aliphatic rings. The average Bonchev–Trinajstić information content (AvgIpc) is 2.94. The van der Waals surface area contributed by atoms with E-state index in [4.69, 9.17) is 9.47 Å². The third-order valence-corrected chi connectivity index (χ3v) is 4.59. The fourth-order valence-corrected chi connectivity index (χ4v) is 3.78. The first-order valence-corrected chi connectivity index (χ1v) is 6.40. The summed E-state index contributed by atoms with van der Waals surface area (Å²) in [5.41, 5.74) is -0.948. The van der Waals surface area contributed by atoms with Crippen molar-refractivity contribution in [1.82, 2.24) is 0 Å². The number of rotatable bonds is 1. The predicted molar refractivity (Wildman–Crippen MR) is 61.1 cm³/mol. The van der Waals surface area contributed by atoms with Gasteiger partial charge in [0.05, 0.1) is 7.11 Å². The number of hydrogen-bond donors (Lipinski definition) is 0. The lowest BCUT2D eigenvalue weighted by molar-refractivity contribution is -0.163. The summed E-state index contributed by atoms with van der Waals surface area (Å²) in [6.07, 6.45) is 1.52. The van der Waals surface area contributed by atoms with Crippen LogP contribution in [-0.2, 0) is 19.1 Å². The molecule has 2 saturated carbocycles. The van der Waals surface area contributed by atoms with Crippen molar-refractivity contribution in [3.63, 3.8) is 0 Å². The van der Waals surface area contributed by atoms with Crippen molar-refractivity contribution in [1.29, 1.82) is 0 Å². The number of carbonyl (C=O) groups is 2. The highest BCUT2D eigenvalue weighted by atomic mass is 16.6. The molecule has 17 heavy (non-hydrogen) atoms. The maximum absolute atomic E-state index is 11.8. The highest BCUT2D eigenvalue weighted by Gasteiger charge is 2.73. The molecule has 0 aromatic carbocycles. The minimum absolute atomic E-state index is 0.0460. The Balaban J connectivity index is 0.000000514. The maximum atomic E-state index is 11.8. The number of carbonyl (C=O) groups excluding carboxylic acids is 2. The standard InChI is InChI=1S/C11H14O4.C2H6/c1-5-6-3-7-8(5)15-10(13)11(7,4-6)9(12)14-2;1-2/h5-8H,3-4H2,1-2H3;1-2H3. The van der Waals surface area contributed by atoms with Crippen molar-refractivity contribution in [2.24, 2.45) is 23.2 Å². The van der Waals surface area contributed by atoms with E-state index in [1.165, 1.54) is 7.11 Å². The van der Waals surface area contributed by atoms with Gasteiger partial charge in [-0.15, -0.1) is 0 Å². The molecular formula is C13H20O4. The zero-order valence-electron chi connectivity index (χ0n) is 10.9. The lowest BCUT2D eigenvalue weighted by Gasteiger charge is -2.28. The Morgan fingerprint density at radius 2 is 2.12 bits per heavy atom. The van der Waals surface area contributed by atoms with Crippen molar-refractivity contribution in [3.8, 4) is 0 Å². The summed E-state index contributed by atoms with van der Waals surface area (Å²) in [4.78, 5) is 23.6. The number of fused-ring (bicyclic) bond motifs is 1. The van der Waals surface area contributed by atoms with Gasteiger partial charge in [0, 0.05) is 5.92 Å². The van der Waals surface area contributed by atoms with E-state index >= 15 is 0 Å². The van der Waals surface area contributed by atoms with Crippen molar-refractivity contribution < 1.29 is 19.1 Å². The van der Waals surface area contributed by atoms with Gasteiger partial charge in [0.25, 0.3) is 0 Å². The number of esters is 2. The molecule has 0 aromatic rings. The van der Waals surface area contributed by atoms with Gasteiger partial charge in [-0.05, 0) is 24.7 Å². The second-order valence-electron chi connectivity index (χ2n) is 5.00. The van der Waals surface area contributed by atoms with E-state index in [0.717, 1.165) is 6.42 Å². The predicted octanol–water partition coefficient (Wildman–Crippen LogP) is 1.77. The van der Waals surface area contributed by atoms with E-state index in [9.17, 15) is 9.59 Å². The van der Waals surface area contributed by atoms with Gasteiger partial charge in [-0.25, -0.2) is 0 Å². The summed E-state index contributed by atoms with van der Waals surface area (Å²) in [7, 11) is 1.34. The molecule has 1 heterocycles. The van der Waals surface area contributed by atoms with Crippen LogP contribution in [0.25, 0.3) is 0 Å². The van der Waals surface area contributed by atoms with Gasteiger partial charge in [0.2, 0.25) is 0 Å². The molecule has 2 bridgehead atoms. The van der Waals surface area contributed by atoms with E-state index in [1.807, 2.05) is 13.8 Å². The van der Waals surface area contributed by atoms with E-state index in [1.54, 1.807) is 0 Å². The number of hydrogen-bond acceptors (Lipinski definition) is 4. The molecule has 5 atom stereocenters. The van der Waals surface area contributed by atoms with E-state index < -0.39 is 11.4 Å². The topological polar surface area (TPSA) is 52.6 Å². The highest BCUT2D eigenvalue weighted by molar-refractivity contribution is 6.02. The Bertz CT molecular complexity index is 351. The third kappa shape index (κ3) is 1.30. The molecule has 3 fully saturated rings. The highest BCUT2D eigenvalue weighted by Crippen LogP contribution is 2.64. The Hall–Kier alpha value is -1.06. The van der Waals surface area contributed by atoms with Crippen LogP contribution in [0.15, 0.2) is 0 Å². The first kappa shape index (κ1) is 12.4. The summed E-state index contributed by atoms with van der Waals surface area (Å²) in [5, 5.41) is 0. The number of ether oxygens (including phenoxy) is 2. The molecular weight excluding hydrogens is 220 g/mol. The quantitative estimate of drug-likeness (QED) is 0.518. The average molecular weight is 240 g/mol. The van der Waals surface area contributed by atoms with Crippen LogP contribution in [0.3, 0.4) is 0 Å². The van der Waals surface area contributed by atoms with Crippen molar-refractivity contribution >= 4 is 11.9 Å². The summed E-state index contributed by atoms with van der Waals surface area (Å²) in [5.74, 6) is 0.174. The van der Waals surface area contributed by atoms with Gasteiger partial charge in [-0.3, -0.25) is 9.59 Å². The molecule has 4 heteroatoms. The van der Waals surface area contributed by atoms with Crippen LogP contribution in [0, 0.1) is 23.2 Å². The van der Waals surface area contributed by atoms with Crippen molar-refractivity contribution in [2.75, 3.05) is 7.11 Å². The molecule has 0 aromatic heterocycles. The van der Waals surface area contributed by atoms with Crippen molar-refractivity contribution in [3.05, 3.63) is 0 Å². The SMILES string of the molecule is CC.COC(=O)C12CC3CC1C(OC2=O)C3C. The second-order valence-corrected chi connectivity index (χ2v) is 5.00.